The molecule has 6 nitrogen and oxygen atoms in total. The molecule has 0 radical (unpaired) electrons. The van der Waals surface area contributed by atoms with Crippen LogP contribution in [0.15, 0.2) is 54.6 Å². The second-order valence-electron chi connectivity index (χ2n) is 6.68. The van der Waals surface area contributed by atoms with Crippen LogP contribution in [0.2, 0.25) is 0 Å². The van der Waals surface area contributed by atoms with Crippen molar-refractivity contribution in [1.29, 1.82) is 0 Å². The number of benzene rings is 2. The number of allylic oxidation sites excluding steroid dienone is 1. The molecule has 0 saturated heterocycles. The molecule has 164 valence electrons. The van der Waals surface area contributed by atoms with Crippen LogP contribution >= 0.6 is 0 Å². The topological polar surface area (TPSA) is 74.2 Å². The molecule has 1 N–H and O–H groups in total. The van der Waals surface area contributed by atoms with Gasteiger partial charge < -0.3 is 24.1 Å². The molecule has 0 bridgehead atoms. The van der Waals surface area contributed by atoms with Gasteiger partial charge in [0.2, 0.25) is 0 Å². The average molecular weight is 424 g/mol. The Morgan fingerprint density at radius 3 is 2.26 bits per heavy atom. The molecule has 0 saturated carbocycles. The number of hydrogen-bond donors (Lipinski definition) is 1. The fraction of sp³-hybridized carbons (Fsp3) is 0.320. The van der Waals surface area contributed by atoms with Crippen molar-refractivity contribution < 1.29 is 28.8 Å². The van der Waals surface area contributed by atoms with E-state index in [2.05, 4.69) is 11.8 Å². The molecular weight excluding hydrogens is 396 g/mol. The Morgan fingerprint density at radius 1 is 1.06 bits per heavy atom. The fourth-order valence-electron chi connectivity index (χ4n) is 2.78. The summed E-state index contributed by atoms with van der Waals surface area (Å²) < 4.78 is 21.6. The lowest BCUT2D eigenvalue weighted by molar-refractivity contribution is -0.149. The fourth-order valence-corrected chi connectivity index (χ4v) is 2.78. The van der Waals surface area contributed by atoms with E-state index >= 15 is 0 Å². The van der Waals surface area contributed by atoms with Crippen LogP contribution in [0.1, 0.15) is 25.0 Å². The lowest BCUT2D eigenvalue weighted by atomic mass is 10.1. The van der Waals surface area contributed by atoms with Gasteiger partial charge in [-0.05, 0) is 55.8 Å². The van der Waals surface area contributed by atoms with Crippen LogP contribution < -0.4 is 14.2 Å². The molecule has 0 amide bonds. The molecule has 31 heavy (non-hydrogen) atoms. The van der Waals surface area contributed by atoms with Crippen LogP contribution in [0.25, 0.3) is 0 Å². The molecule has 0 aromatic heterocycles. The molecule has 1 unspecified atom stereocenters. The maximum atomic E-state index is 11.2. The number of hydrogen-bond acceptors (Lipinski definition) is 5. The summed E-state index contributed by atoms with van der Waals surface area (Å²) in [6.45, 7) is 4.05. The van der Waals surface area contributed by atoms with Gasteiger partial charge >= 0.3 is 5.97 Å². The van der Waals surface area contributed by atoms with Crippen molar-refractivity contribution in [3.05, 3.63) is 65.7 Å². The van der Waals surface area contributed by atoms with Crippen molar-refractivity contribution >= 4 is 5.97 Å². The van der Waals surface area contributed by atoms with Crippen LogP contribution in [0.5, 0.6) is 17.2 Å². The van der Waals surface area contributed by atoms with E-state index in [0.717, 1.165) is 11.1 Å². The molecule has 2 aromatic carbocycles. The molecule has 0 aliphatic carbocycles. The first-order valence-corrected chi connectivity index (χ1v) is 9.96. The molecule has 0 aliphatic heterocycles. The smallest absolute Gasteiger partial charge is 0.333 e. The minimum absolute atomic E-state index is 0.185. The zero-order chi connectivity index (χ0) is 22.6. The SMILES string of the molecule is CCO[C@@H](Cc1ccc(OC(C)/C=C/C#Cc2cc(OC)cc(OC)c2)cc1)C(=O)O. The highest BCUT2D eigenvalue weighted by molar-refractivity contribution is 5.72. The third-order valence-corrected chi connectivity index (χ3v) is 4.33. The minimum Gasteiger partial charge on any atom is -0.497 e. The quantitative estimate of drug-likeness (QED) is 0.579. The highest BCUT2D eigenvalue weighted by Gasteiger charge is 2.17. The highest BCUT2D eigenvalue weighted by Crippen LogP contribution is 2.21. The molecule has 2 atom stereocenters. The van der Waals surface area contributed by atoms with E-state index in [1.165, 1.54) is 0 Å². The van der Waals surface area contributed by atoms with Crippen molar-refractivity contribution in [3.63, 3.8) is 0 Å². The molecule has 2 rings (SSSR count). The molecule has 0 heterocycles. The summed E-state index contributed by atoms with van der Waals surface area (Å²) in [5, 5.41) is 9.19. The van der Waals surface area contributed by atoms with Crippen molar-refractivity contribution in [3.8, 4) is 29.1 Å². The van der Waals surface area contributed by atoms with Gasteiger partial charge in [-0.15, -0.1) is 0 Å². The largest absolute Gasteiger partial charge is 0.497 e. The van der Waals surface area contributed by atoms with Crippen molar-refractivity contribution in [2.75, 3.05) is 20.8 Å². The van der Waals surface area contributed by atoms with E-state index in [4.69, 9.17) is 18.9 Å². The summed E-state index contributed by atoms with van der Waals surface area (Å²) in [4.78, 5) is 11.2. The maximum absolute atomic E-state index is 11.2. The van der Waals surface area contributed by atoms with Gasteiger partial charge in [0, 0.05) is 24.7 Å². The molecular formula is C25H28O6. The highest BCUT2D eigenvalue weighted by atomic mass is 16.5. The van der Waals surface area contributed by atoms with Crippen LogP contribution in [0, 0.1) is 11.8 Å². The molecule has 6 heteroatoms. The number of ether oxygens (including phenoxy) is 4. The second kappa shape index (κ2) is 12.3. The van der Waals surface area contributed by atoms with Gasteiger partial charge in [0.25, 0.3) is 0 Å². The van der Waals surface area contributed by atoms with Gasteiger partial charge in [-0.1, -0.05) is 24.0 Å². The Kier molecular flexibility index (Phi) is 9.47. The summed E-state index contributed by atoms with van der Waals surface area (Å²) in [6.07, 6.45) is 2.87. The first-order valence-electron chi connectivity index (χ1n) is 9.96. The monoisotopic (exact) mass is 424 g/mol. The van der Waals surface area contributed by atoms with Gasteiger partial charge in [-0.25, -0.2) is 4.79 Å². The zero-order valence-corrected chi connectivity index (χ0v) is 18.3. The zero-order valence-electron chi connectivity index (χ0n) is 18.3. The number of carboxylic acids is 1. The number of methoxy groups -OCH3 is 2. The van der Waals surface area contributed by atoms with Crippen molar-refractivity contribution in [1.82, 2.24) is 0 Å². The number of carbonyl (C=O) groups is 1. The number of aliphatic carboxylic acids is 1. The summed E-state index contributed by atoms with van der Waals surface area (Å²) in [5.41, 5.74) is 1.66. The van der Waals surface area contributed by atoms with E-state index in [9.17, 15) is 9.90 Å². The summed E-state index contributed by atoms with van der Waals surface area (Å²) >= 11 is 0. The van der Waals surface area contributed by atoms with Gasteiger partial charge in [-0.3, -0.25) is 0 Å². The van der Waals surface area contributed by atoms with E-state index < -0.39 is 12.1 Å². The second-order valence-corrected chi connectivity index (χ2v) is 6.68. The third-order valence-electron chi connectivity index (χ3n) is 4.33. The molecule has 2 aromatic rings. The maximum Gasteiger partial charge on any atom is 0.333 e. The van der Waals surface area contributed by atoms with Gasteiger partial charge in [-0.2, -0.15) is 0 Å². The Hall–Kier alpha value is -3.43. The summed E-state index contributed by atoms with van der Waals surface area (Å²) in [5.74, 6) is 7.12. The van der Waals surface area contributed by atoms with Gasteiger partial charge in [0.15, 0.2) is 6.10 Å². The minimum atomic E-state index is -0.963. The first kappa shape index (κ1) is 23.8. The standard InChI is InChI=1S/C25H28O6/c1-5-30-24(25(26)27)16-19-10-12-21(13-11-19)31-18(2)8-6-7-9-20-14-22(28-3)17-23(15-20)29-4/h6,8,10-15,17-18,24H,5,16H2,1-4H3,(H,26,27)/b8-6+/t18?,24-/m0/s1. The van der Waals surface area contributed by atoms with Crippen LogP contribution in [-0.2, 0) is 16.0 Å². The normalized spacial score (nSPS) is 12.5. The lowest BCUT2D eigenvalue weighted by Crippen LogP contribution is -2.26. The van der Waals surface area contributed by atoms with E-state index in [-0.39, 0.29) is 6.10 Å². The van der Waals surface area contributed by atoms with Crippen LogP contribution in [-0.4, -0.2) is 44.1 Å². The molecule has 0 aliphatic rings. The van der Waals surface area contributed by atoms with Crippen molar-refractivity contribution in [2.24, 2.45) is 0 Å². The lowest BCUT2D eigenvalue weighted by Gasteiger charge is -2.14. The van der Waals surface area contributed by atoms with Gasteiger partial charge in [0.1, 0.15) is 23.4 Å². The predicted molar refractivity (Wildman–Crippen MR) is 119 cm³/mol. The van der Waals surface area contributed by atoms with Crippen LogP contribution in [0.3, 0.4) is 0 Å². The number of rotatable bonds is 10. The van der Waals surface area contributed by atoms with Crippen LogP contribution in [0.4, 0.5) is 0 Å². The van der Waals surface area contributed by atoms with E-state index in [0.29, 0.717) is 30.3 Å². The Balaban J connectivity index is 1.93. The Labute approximate surface area is 183 Å². The van der Waals surface area contributed by atoms with Crippen molar-refractivity contribution in [2.45, 2.75) is 32.5 Å². The van der Waals surface area contributed by atoms with E-state index in [1.807, 2.05) is 49.4 Å². The Bertz CT molecular complexity index is 914. The van der Waals surface area contributed by atoms with Gasteiger partial charge in [0.05, 0.1) is 14.2 Å². The number of carboxylic acid groups (broad SMARTS) is 1. The third kappa shape index (κ3) is 8.07. The molecule has 0 fully saturated rings. The summed E-state index contributed by atoms with van der Waals surface area (Å²) in [7, 11) is 3.20. The molecule has 0 spiro atoms. The Morgan fingerprint density at radius 2 is 1.71 bits per heavy atom. The average Bonchev–Trinajstić information content (AvgIpc) is 2.77. The first-order chi connectivity index (χ1) is 14.9. The van der Waals surface area contributed by atoms with E-state index in [1.54, 1.807) is 33.3 Å². The summed E-state index contributed by atoms with van der Waals surface area (Å²) in [6, 6.07) is 12.8. The predicted octanol–water partition coefficient (Wildman–Crippen LogP) is 4.11.